The summed E-state index contributed by atoms with van der Waals surface area (Å²) < 4.78 is 7.24. The second kappa shape index (κ2) is 8.36. The summed E-state index contributed by atoms with van der Waals surface area (Å²) in [6, 6.07) is 14.9. The quantitative estimate of drug-likeness (QED) is 0.652. The van der Waals surface area contributed by atoms with Gasteiger partial charge in [-0.25, -0.2) is 0 Å². The molecule has 7 heteroatoms. The molecule has 0 radical (unpaired) electrons. The third-order valence-electron chi connectivity index (χ3n) is 5.07. The highest BCUT2D eigenvalue weighted by molar-refractivity contribution is 5.95. The SMILES string of the molecule is Nc1ccc(CC(=O)Nc2ccc3c(ccn3CC(=O)N3CCOCC3)c2)cc1. The monoisotopic (exact) mass is 392 g/mol. The van der Waals surface area contributed by atoms with Gasteiger partial charge in [-0.2, -0.15) is 0 Å². The number of benzene rings is 2. The number of ether oxygens (including phenoxy) is 1. The molecule has 1 aromatic heterocycles. The van der Waals surface area contributed by atoms with Gasteiger partial charge in [0.15, 0.2) is 0 Å². The highest BCUT2D eigenvalue weighted by atomic mass is 16.5. The molecule has 0 aliphatic carbocycles. The summed E-state index contributed by atoms with van der Waals surface area (Å²) in [5.74, 6) is 0.00252. The highest BCUT2D eigenvalue weighted by Crippen LogP contribution is 2.21. The van der Waals surface area contributed by atoms with Gasteiger partial charge in [-0.3, -0.25) is 9.59 Å². The number of nitrogens with zero attached hydrogens (tertiary/aromatic N) is 2. The molecule has 1 saturated heterocycles. The van der Waals surface area contributed by atoms with Crippen molar-refractivity contribution in [1.29, 1.82) is 0 Å². The summed E-state index contributed by atoms with van der Waals surface area (Å²) in [5.41, 5.74) is 8.95. The minimum Gasteiger partial charge on any atom is -0.399 e. The summed E-state index contributed by atoms with van der Waals surface area (Å²) in [6.07, 6.45) is 2.19. The fourth-order valence-corrected chi connectivity index (χ4v) is 3.50. The van der Waals surface area contributed by atoms with Crippen LogP contribution in [0.1, 0.15) is 5.56 Å². The number of hydrogen-bond donors (Lipinski definition) is 2. The van der Waals surface area contributed by atoms with Crippen molar-refractivity contribution in [3.63, 3.8) is 0 Å². The lowest BCUT2D eigenvalue weighted by molar-refractivity contribution is -0.135. The third kappa shape index (κ3) is 4.57. The lowest BCUT2D eigenvalue weighted by atomic mass is 10.1. The van der Waals surface area contributed by atoms with Crippen LogP contribution in [0.2, 0.25) is 0 Å². The second-order valence-electron chi connectivity index (χ2n) is 7.18. The predicted octanol–water partition coefficient (Wildman–Crippen LogP) is 2.26. The van der Waals surface area contributed by atoms with E-state index in [-0.39, 0.29) is 18.2 Å². The number of morpholine rings is 1. The number of carbonyl (C=O) groups excluding carboxylic acids is 2. The normalized spacial score (nSPS) is 14.1. The van der Waals surface area contributed by atoms with Crippen LogP contribution < -0.4 is 11.1 Å². The van der Waals surface area contributed by atoms with Gasteiger partial charge in [0.05, 0.1) is 19.6 Å². The number of rotatable bonds is 5. The average Bonchev–Trinajstić information content (AvgIpc) is 3.12. The average molecular weight is 392 g/mol. The second-order valence-corrected chi connectivity index (χ2v) is 7.18. The van der Waals surface area contributed by atoms with Crippen molar-refractivity contribution in [2.24, 2.45) is 0 Å². The third-order valence-corrected chi connectivity index (χ3v) is 5.07. The van der Waals surface area contributed by atoms with Crippen molar-refractivity contribution in [1.82, 2.24) is 9.47 Å². The first-order valence-corrected chi connectivity index (χ1v) is 9.67. The molecule has 3 N–H and O–H groups in total. The zero-order valence-corrected chi connectivity index (χ0v) is 16.1. The van der Waals surface area contributed by atoms with E-state index in [0.29, 0.717) is 38.5 Å². The van der Waals surface area contributed by atoms with Crippen molar-refractivity contribution >= 4 is 34.1 Å². The maximum absolute atomic E-state index is 12.5. The number of fused-ring (bicyclic) bond motifs is 1. The van der Waals surface area contributed by atoms with E-state index in [1.54, 1.807) is 12.1 Å². The molecule has 150 valence electrons. The van der Waals surface area contributed by atoms with Crippen LogP contribution in [-0.4, -0.2) is 47.6 Å². The minimum absolute atomic E-state index is 0.0870. The summed E-state index contributed by atoms with van der Waals surface area (Å²) in [6.45, 7) is 2.77. The Hall–Kier alpha value is -3.32. The van der Waals surface area contributed by atoms with Crippen LogP contribution in [0.15, 0.2) is 54.7 Å². The van der Waals surface area contributed by atoms with E-state index in [2.05, 4.69) is 5.32 Å². The Kier molecular flexibility index (Phi) is 5.48. The van der Waals surface area contributed by atoms with Gasteiger partial charge < -0.3 is 25.3 Å². The van der Waals surface area contributed by atoms with E-state index in [1.165, 1.54) is 0 Å². The van der Waals surface area contributed by atoms with Crippen LogP contribution in [-0.2, 0) is 27.3 Å². The molecule has 0 spiro atoms. The van der Waals surface area contributed by atoms with Crippen LogP contribution in [0.25, 0.3) is 10.9 Å². The summed E-state index contributed by atoms with van der Waals surface area (Å²) in [4.78, 5) is 26.7. The lowest BCUT2D eigenvalue weighted by Crippen LogP contribution is -2.42. The van der Waals surface area contributed by atoms with Crippen LogP contribution in [0.4, 0.5) is 11.4 Å². The Labute approximate surface area is 169 Å². The van der Waals surface area contributed by atoms with Crippen molar-refractivity contribution in [2.75, 3.05) is 37.4 Å². The number of amides is 2. The van der Waals surface area contributed by atoms with Gasteiger partial charge in [-0.05, 0) is 42.0 Å². The van der Waals surface area contributed by atoms with Crippen LogP contribution >= 0.6 is 0 Å². The summed E-state index contributed by atoms with van der Waals surface area (Å²) in [7, 11) is 0. The molecule has 0 bridgehead atoms. The number of nitrogens with one attached hydrogen (secondary N) is 1. The Morgan fingerprint density at radius 1 is 1.03 bits per heavy atom. The van der Waals surface area contributed by atoms with Gasteiger partial charge in [-0.1, -0.05) is 12.1 Å². The Morgan fingerprint density at radius 2 is 1.79 bits per heavy atom. The molecule has 0 atom stereocenters. The maximum Gasteiger partial charge on any atom is 0.242 e. The van der Waals surface area contributed by atoms with Crippen molar-refractivity contribution in [3.8, 4) is 0 Å². The highest BCUT2D eigenvalue weighted by Gasteiger charge is 2.17. The number of nitrogens with two attached hydrogens (primary N) is 1. The maximum atomic E-state index is 12.5. The summed E-state index contributed by atoms with van der Waals surface area (Å²) >= 11 is 0. The van der Waals surface area contributed by atoms with Gasteiger partial charge in [0, 0.05) is 41.6 Å². The van der Waals surface area contributed by atoms with Gasteiger partial charge in [0.25, 0.3) is 0 Å². The zero-order valence-electron chi connectivity index (χ0n) is 16.1. The van der Waals surface area contributed by atoms with Gasteiger partial charge in [-0.15, -0.1) is 0 Å². The van der Waals surface area contributed by atoms with Crippen molar-refractivity contribution in [3.05, 3.63) is 60.3 Å². The van der Waals surface area contributed by atoms with Crippen LogP contribution in [0, 0.1) is 0 Å². The Bertz CT molecular complexity index is 1020. The fourth-order valence-electron chi connectivity index (χ4n) is 3.50. The first kappa shape index (κ1) is 19.0. The molecular formula is C22H24N4O3. The molecule has 7 nitrogen and oxygen atoms in total. The van der Waals surface area contributed by atoms with E-state index < -0.39 is 0 Å². The number of hydrogen-bond acceptors (Lipinski definition) is 4. The number of aromatic nitrogens is 1. The minimum atomic E-state index is -0.0870. The van der Waals surface area contributed by atoms with E-state index in [9.17, 15) is 9.59 Å². The predicted molar refractivity (Wildman–Crippen MR) is 113 cm³/mol. The molecule has 0 saturated carbocycles. The van der Waals surface area contributed by atoms with E-state index in [1.807, 2.05) is 52.1 Å². The molecule has 2 aromatic carbocycles. The van der Waals surface area contributed by atoms with E-state index >= 15 is 0 Å². The molecule has 2 amide bonds. The number of nitrogen functional groups attached to an aromatic ring is 1. The van der Waals surface area contributed by atoms with Crippen LogP contribution in [0.3, 0.4) is 0 Å². The largest absolute Gasteiger partial charge is 0.399 e. The van der Waals surface area contributed by atoms with E-state index in [0.717, 1.165) is 22.2 Å². The van der Waals surface area contributed by atoms with E-state index in [4.69, 9.17) is 10.5 Å². The number of carbonyl (C=O) groups is 2. The molecule has 29 heavy (non-hydrogen) atoms. The molecule has 4 rings (SSSR count). The van der Waals surface area contributed by atoms with Gasteiger partial charge in [0.2, 0.25) is 11.8 Å². The number of anilines is 2. The lowest BCUT2D eigenvalue weighted by Gasteiger charge is -2.27. The van der Waals surface area contributed by atoms with Crippen LogP contribution in [0.5, 0.6) is 0 Å². The first-order chi connectivity index (χ1) is 14.1. The molecule has 0 unspecified atom stereocenters. The Morgan fingerprint density at radius 3 is 2.55 bits per heavy atom. The molecule has 1 aliphatic heterocycles. The standard InChI is InChI=1S/C22H24N4O3/c23-18-3-1-16(2-4-18)13-21(27)24-19-5-6-20-17(14-19)7-8-26(20)15-22(28)25-9-11-29-12-10-25/h1-8,14H,9-13,15,23H2,(H,24,27). The van der Waals surface area contributed by atoms with Crippen molar-refractivity contribution < 1.29 is 14.3 Å². The zero-order chi connectivity index (χ0) is 20.2. The van der Waals surface area contributed by atoms with Gasteiger partial charge >= 0.3 is 0 Å². The summed E-state index contributed by atoms with van der Waals surface area (Å²) in [5, 5.41) is 3.91. The van der Waals surface area contributed by atoms with Crippen molar-refractivity contribution in [2.45, 2.75) is 13.0 Å². The molecule has 2 heterocycles. The molecule has 3 aromatic rings. The molecule has 1 fully saturated rings. The Balaban J connectivity index is 1.41. The first-order valence-electron chi connectivity index (χ1n) is 9.67. The topological polar surface area (TPSA) is 89.6 Å². The molecular weight excluding hydrogens is 368 g/mol. The van der Waals surface area contributed by atoms with Gasteiger partial charge in [0.1, 0.15) is 6.54 Å². The smallest absolute Gasteiger partial charge is 0.242 e. The fraction of sp³-hybridized carbons (Fsp3) is 0.273. The molecule has 1 aliphatic rings.